The third-order valence-corrected chi connectivity index (χ3v) is 5.26. The Kier molecular flexibility index (Phi) is 7.14. The van der Waals surface area contributed by atoms with Gasteiger partial charge in [0.2, 0.25) is 11.8 Å². The van der Waals surface area contributed by atoms with Crippen molar-refractivity contribution in [3.63, 3.8) is 0 Å². The van der Waals surface area contributed by atoms with Gasteiger partial charge in [-0.3, -0.25) is 9.59 Å². The van der Waals surface area contributed by atoms with Crippen LogP contribution in [0.5, 0.6) is 0 Å². The van der Waals surface area contributed by atoms with Crippen molar-refractivity contribution in [3.8, 4) is 0 Å². The third-order valence-electron chi connectivity index (χ3n) is 4.44. The molecule has 0 aromatic heterocycles. The van der Waals surface area contributed by atoms with Gasteiger partial charge in [-0.25, -0.2) is 0 Å². The highest BCUT2D eigenvalue weighted by atomic mass is 35.5. The van der Waals surface area contributed by atoms with Crippen molar-refractivity contribution in [2.24, 2.45) is 0 Å². The van der Waals surface area contributed by atoms with Gasteiger partial charge < -0.3 is 19.9 Å². The smallest absolute Gasteiger partial charge is 0.250 e. The van der Waals surface area contributed by atoms with Crippen LogP contribution in [0, 0.1) is 0 Å². The highest BCUT2D eigenvalue weighted by Gasteiger charge is 2.21. The fourth-order valence-corrected chi connectivity index (χ4v) is 3.31. The number of benzene rings is 2. The molecule has 1 aliphatic rings. The Balaban J connectivity index is 1.39. The van der Waals surface area contributed by atoms with E-state index in [0.29, 0.717) is 23.8 Å². The summed E-state index contributed by atoms with van der Waals surface area (Å²) in [5, 5.41) is 3.24. The van der Waals surface area contributed by atoms with Crippen LogP contribution >= 0.6 is 23.2 Å². The molecule has 0 saturated carbocycles. The quantitative estimate of drug-likeness (QED) is 0.776. The highest BCUT2D eigenvalue weighted by molar-refractivity contribution is 6.43. The van der Waals surface area contributed by atoms with Crippen molar-refractivity contribution >= 4 is 46.4 Å². The van der Waals surface area contributed by atoms with Crippen molar-refractivity contribution in [1.82, 2.24) is 4.90 Å². The third kappa shape index (κ3) is 5.38. The van der Waals surface area contributed by atoms with Crippen LogP contribution in [-0.4, -0.2) is 56.1 Å². The fourth-order valence-electron chi connectivity index (χ4n) is 2.96. The molecule has 28 heavy (non-hydrogen) atoms. The summed E-state index contributed by atoms with van der Waals surface area (Å²) in [5.41, 5.74) is 1.56. The molecule has 1 aliphatic heterocycles. The van der Waals surface area contributed by atoms with Crippen LogP contribution in [0.25, 0.3) is 0 Å². The summed E-state index contributed by atoms with van der Waals surface area (Å²) in [6.07, 6.45) is 0. The molecule has 3 rings (SSSR count). The average Bonchev–Trinajstić information content (AvgIpc) is 2.72. The first kappa shape index (κ1) is 20.5. The van der Waals surface area contributed by atoms with E-state index in [9.17, 15) is 9.59 Å². The Bertz CT molecular complexity index is 825. The van der Waals surface area contributed by atoms with E-state index in [2.05, 4.69) is 22.3 Å². The molecule has 0 spiro atoms. The number of amides is 2. The van der Waals surface area contributed by atoms with Crippen LogP contribution in [0.15, 0.2) is 48.5 Å². The van der Waals surface area contributed by atoms with Gasteiger partial charge in [0.1, 0.15) is 13.2 Å². The van der Waals surface area contributed by atoms with E-state index in [0.717, 1.165) is 18.8 Å². The van der Waals surface area contributed by atoms with Crippen LogP contribution in [0.4, 0.5) is 11.4 Å². The lowest BCUT2D eigenvalue weighted by Crippen LogP contribution is -2.49. The van der Waals surface area contributed by atoms with Crippen LogP contribution in [0.2, 0.25) is 10.0 Å². The number of halogens is 2. The lowest BCUT2D eigenvalue weighted by atomic mass is 10.2. The van der Waals surface area contributed by atoms with Crippen molar-refractivity contribution < 1.29 is 14.3 Å². The zero-order chi connectivity index (χ0) is 19.9. The number of carbonyl (C=O) groups excluding carboxylic acids is 2. The second kappa shape index (κ2) is 9.78. The van der Waals surface area contributed by atoms with Crippen molar-refractivity contribution in [3.05, 3.63) is 58.6 Å². The number of ether oxygens (including phenoxy) is 1. The molecule has 0 atom stereocenters. The number of anilines is 2. The van der Waals surface area contributed by atoms with Gasteiger partial charge in [0, 0.05) is 31.9 Å². The highest BCUT2D eigenvalue weighted by Crippen LogP contribution is 2.29. The van der Waals surface area contributed by atoms with Gasteiger partial charge in [0.15, 0.2) is 0 Å². The molecule has 148 valence electrons. The summed E-state index contributed by atoms with van der Waals surface area (Å²) in [6.45, 7) is 2.41. The molecule has 2 amide bonds. The number of piperazine rings is 1. The van der Waals surface area contributed by atoms with Gasteiger partial charge in [0.25, 0.3) is 0 Å². The number of nitrogens with one attached hydrogen (secondary N) is 1. The van der Waals surface area contributed by atoms with Crippen LogP contribution in [0.3, 0.4) is 0 Å². The molecule has 0 bridgehead atoms. The first-order valence-electron chi connectivity index (χ1n) is 8.94. The lowest BCUT2D eigenvalue weighted by molar-refractivity contribution is -0.137. The molecule has 0 unspecified atom stereocenters. The molecule has 1 heterocycles. The summed E-state index contributed by atoms with van der Waals surface area (Å²) < 4.78 is 5.27. The van der Waals surface area contributed by atoms with Gasteiger partial charge in [0.05, 0.1) is 15.7 Å². The van der Waals surface area contributed by atoms with Crippen LogP contribution in [-0.2, 0) is 14.3 Å². The Morgan fingerprint density at radius 1 is 0.929 bits per heavy atom. The van der Waals surface area contributed by atoms with Crippen molar-refractivity contribution in [2.75, 3.05) is 49.6 Å². The van der Waals surface area contributed by atoms with E-state index in [-0.39, 0.29) is 24.1 Å². The molecule has 1 fully saturated rings. The summed E-state index contributed by atoms with van der Waals surface area (Å²) in [7, 11) is 0. The van der Waals surface area contributed by atoms with E-state index in [1.54, 1.807) is 23.1 Å². The number of carbonyl (C=O) groups is 2. The minimum absolute atomic E-state index is 0.124. The summed E-state index contributed by atoms with van der Waals surface area (Å²) in [6, 6.07) is 15.1. The van der Waals surface area contributed by atoms with E-state index in [1.165, 1.54) is 0 Å². The van der Waals surface area contributed by atoms with E-state index < -0.39 is 5.91 Å². The van der Waals surface area contributed by atoms with Gasteiger partial charge in [-0.2, -0.15) is 0 Å². The van der Waals surface area contributed by atoms with Crippen molar-refractivity contribution in [2.45, 2.75) is 0 Å². The van der Waals surface area contributed by atoms with Gasteiger partial charge in [-0.1, -0.05) is 47.5 Å². The minimum Gasteiger partial charge on any atom is -0.368 e. The molecule has 0 aliphatic carbocycles. The summed E-state index contributed by atoms with van der Waals surface area (Å²) in [4.78, 5) is 28.3. The number of nitrogens with zero attached hydrogens (tertiary/aromatic N) is 2. The average molecular weight is 422 g/mol. The number of hydrogen-bond donors (Lipinski definition) is 1. The topological polar surface area (TPSA) is 61.9 Å². The van der Waals surface area contributed by atoms with E-state index >= 15 is 0 Å². The van der Waals surface area contributed by atoms with Crippen LogP contribution < -0.4 is 10.2 Å². The Morgan fingerprint density at radius 2 is 1.64 bits per heavy atom. The lowest BCUT2D eigenvalue weighted by Gasteiger charge is -2.36. The van der Waals surface area contributed by atoms with Gasteiger partial charge in [-0.05, 0) is 24.3 Å². The second-order valence-electron chi connectivity index (χ2n) is 6.35. The summed E-state index contributed by atoms with van der Waals surface area (Å²) in [5.74, 6) is -0.521. The maximum absolute atomic E-state index is 12.3. The largest absolute Gasteiger partial charge is 0.368 e. The van der Waals surface area contributed by atoms with Gasteiger partial charge >= 0.3 is 0 Å². The molecule has 2 aromatic carbocycles. The minimum atomic E-state index is -0.397. The molecular weight excluding hydrogens is 401 g/mol. The molecule has 2 aromatic rings. The normalized spacial score (nSPS) is 14.1. The first-order chi connectivity index (χ1) is 13.5. The standard InChI is InChI=1S/C20H21Cl2N3O3/c21-16-7-4-8-17(20(16)22)23-18(26)13-28-14-19(27)25-11-9-24(10-12-25)15-5-2-1-3-6-15/h1-8H,9-14H2,(H,23,26). The Morgan fingerprint density at radius 3 is 2.36 bits per heavy atom. The SMILES string of the molecule is O=C(COCC(=O)N1CCN(c2ccccc2)CC1)Nc1cccc(Cl)c1Cl. The Labute approximate surface area is 174 Å². The molecule has 1 N–H and O–H groups in total. The first-order valence-corrected chi connectivity index (χ1v) is 9.69. The van der Waals surface area contributed by atoms with Gasteiger partial charge in [-0.15, -0.1) is 0 Å². The molecule has 8 heteroatoms. The van der Waals surface area contributed by atoms with E-state index in [1.807, 2.05) is 18.2 Å². The predicted octanol–water partition coefficient (Wildman–Crippen LogP) is 3.30. The zero-order valence-electron chi connectivity index (χ0n) is 15.2. The Hall–Kier alpha value is -2.28. The maximum atomic E-state index is 12.3. The molecule has 0 radical (unpaired) electrons. The summed E-state index contributed by atoms with van der Waals surface area (Å²) >= 11 is 11.9. The second-order valence-corrected chi connectivity index (χ2v) is 7.13. The fraction of sp³-hybridized carbons (Fsp3) is 0.300. The van der Waals surface area contributed by atoms with E-state index in [4.69, 9.17) is 27.9 Å². The van der Waals surface area contributed by atoms with Crippen molar-refractivity contribution in [1.29, 1.82) is 0 Å². The molecule has 1 saturated heterocycles. The molecule has 6 nitrogen and oxygen atoms in total. The number of rotatable bonds is 6. The monoisotopic (exact) mass is 421 g/mol. The predicted molar refractivity (Wildman–Crippen MR) is 111 cm³/mol. The number of para-hydroxylation sites is 1. The maximum Gasteiger partial charge on any atom is 0.250 e. The molecular formula is C20H21Cl2N3O3. The van der Waals surface area contributed by atoms with Crippen LogP contribution in [0.1, 0.15) is 0 Å². The number of hydrogen-bond acceptors (Lipinski definition) is 4. The zero-order valence-corrected chi connectivity index (χ0v) is 16.7.